The standard InChI is InChI=1S/C22H23ClN4OS/c1-4-14-26-21(17-10-12-18(23)13-11-17)24-25-22(26)29-15-20(28)27(16(2)3)19-8-6-5-7-9-19/h4-13,16H,1,14-15H2,2-3H3. The minimum absolute atomic E-state index is 0.0254. The number of rotatable bonds is 8. The molecule has 0 saturated carbocycles. The van der Waals surface area contributed by atoms with Crippen LogP contribution >= 0.6 is 23.4 Å². The summed E-state index contributed by atoms with van der Waals surface area (Å²) >= 11 is 7.37. The van der Waals surface area contributed by atoms with Gasteiger partial charge < -0.3 is 4.90 Å². The number of anilines is 1. The van der Waals surface area contributed by atoms with Gasteiger partial charge in [0, 0.05) is 28.9 Å². The number of carbonyl (C=O) groups is 1. The molecule has 0 atom stereocenters. The van der Waals surface area contributed by atoms with E-state index < -0.39 is 0 Å². The summed E-state index contributed by atoms with van der Waals surface area (Å²) in [7, 11) is 0. The van der Waals surface area contributed by atoms with Gasteiger partial charge in [-0.25, -0.2) is 0 Å². The molecule has 2 aromatic carbocycles. The number of carbonyl (C=O) groups excluding carboxylic acids is 1. The number of para-hydroxylation sites is 1. The molecule has 1 heterocycles. The van der Waals surface area contributed by atoms with Crippen LogP contribution in [0.4, 0.5) is 5.69 Å². The van der Waals surface area contributed by atoms with Gasteiger partial charge in [-0.2, -0.15) is 0 Å². The summed E-state index contributed by atoms with van der Waals surface area (Å²) in [5.41, 5.74) is 1.80. The van der Waals surface area contributed by atoms with Gasteiger partial charge in [0.1, 0.15) is 0 Å². The molecule has 1 amide bonds. The number of hydrogen-bond donors (Lipinski definition) is 0. The fourth-order valence-corrected chi connectivity index (χ4v) is 3.95. The molecule has 0 aliphatic heterocycles. The van der Waals surface area contributed by atoms with Crippen LogP contribution < -0.4 is 4.90 Å². The van der Waals surface area contributed by atoms with Gasteiger partial charge in [-0.05, 0) is 50.2 Å². The maximum atomic E-state index is 13.0. The second kappa shape index (κ2) is 9.76. The maximum absolute atomic E-state index is 13.0. The highest BCUT2D eigenvalue weighted by Crippen LogP contribution is 2.26. The SMILES string of the molecule is C=CCn1c(SCC(=O)N(c2ccccc2)C(C)C)nnc1-c1ccc(Cl)cc1. The second-order valence-corrected chi connectivity index (χ2v) is 8.07. The average molecular weight is 427 g/mol. The lowest BCUT2D eigenvalue weighted by molar-refractivity contribution is -0.116. The van der Waals surface area contributed by atoms with E-state index in [9.17, 15) is 4.79 Å². The van der Waals surface area contributed by atoms with Crippen molar-refractivity contribution in [1.29, 1.82) is 0 Å². The Balaban J connectivity index is 1.80. The first-order chi connectivity index (χ1) is 14.0. The van der Waals surface area contributed by atoms with Crippen LogP contribution in [0, 0.1) is 0 Å². The highest BCUT2D eigenvalue weighted by molar-refractivity contribution is 7.99. The Morgan fingerprint density at radius 3 is 2.48 bits per heavy atom. The quantitative estimate of drug-likeness (QED) is 0.361. The molecule has 150 valence electrons. The van der Waals surface area contributed by atoms with Gasteiger partial charge in [-0.3, -0.25) is 9.36 Å². The van der Waals surface area contributed by atoms with E-state index in [-0.39, 0.29) is 17.7 Å². The van der Waals surface area contributed by atoms with Crippen molar-refractivity contribution in [2.75, 3.05) is 10.7 Å². The van der Waals surface area contributed by atoms with E-state index in [0.717, 1.165) is 17.1 Å². The van der Waals surface area contributed by atoms with Crippen LogP contribution in [0.15, 0.2) is 72.4 Å². The Kier molecular flexibility index (Phi) is 7.12. The summed E-state index contributed by atoms with van der Waals surface area (Å²) < 4.78 is 1.95. The third-order valence-electron chi connectivity index (χ3n) is 4.28. The van der Waals surface area contributed by atoms with Crippen molar-refractivity contribution < 1.29 is 4.79 Å². The monoisotopic (exact) mass is 426 g/mol. The van der Waals surface area contributed by atoms with Crippen LogP contribution in [-0.4, -0.2) is 32.5 Å². The summed E-state index contributed by atoms with van der Waals surface area (Å²) in [6.45, 7) is 8.40. The van der Waals surface area contributed by atoms with Crippen LogP contribution in [0.2, 0.25) is 5.02 Å². The normalized spacial score (nSPS) is 10.9. The molecular weight excluding hydrogens is 404 g/mol. The summed E-state index contributed by atoms with van der Waals surface area (Å²) in [5.74, 6) is 1.01. The molecule has 0 unspecified atom stereocenters. The number of amides is 1. The fourth-order valence-electron chi connectivity index (χ4n) is 3.02. The van der Waals surface area contributed by atoms with Crippen LogP contribution in [0.25, 0.3) is 11.4 Å². The minimum atomic E-state index is 0.0254. The molecule has 0 aliphatic carbocycles. The van der Waals surface area contributed by atoms with Crippen molar-refractivity contribution in [3.05, 3.63) is 72.3 Å². The van der Waals surface area contributed by atoms with E-state index >= 15 is 0 Å². The van der Waals surface area contributed by atoms with Crippen LogP contribution in [0.5, 0.6) is 0 Å². The predicted molar refractivity (Wildman–Crippen MR) is 120 cm³/mol. The topological polar surface area (TPSA) is 51.0 Å². The van der Waals surface area contributed by atoms with Gasteiger partial charge in [0.05, 0.1) is 5.75 Å². The largest absolute Gasteiger partial charge is 0.309 e. The van der Waals surface area contributed by atoms with Gasteiger partial charge in [0.15, 0.2) is 11.0 Å². The molecule has 0 fully saturated rings. The summed E-state index contributed by atoms with van der Waals surface area (Å²) in [6.07, 6.45) is 1.79. The van der Waals surface area contributed by atoms with Gasteiger partial charge in [-0.1, -0.05) is 47.6 Å². The molecule has 3 aromatic rings. The Labute approximate surface area is 180 Å². The number of aromatic nitrogens is 3. The molecule has 0 spiro atoms. The number of thioether (sulfide) groups is 1. The molecule has 0 bridgehead atoms. The van der Waals surface area contributed by atoms with E-state index in [4.69, 9.17) is 11.6 Å². The zero-order chi connectivity index (χ0) is 20.8. The number of nitrogens with zero attached hydrogens (tertiary/aromatic N) is 4. The van der Waals surface area contributed by atoms with Gasteiger partial charge in [0.25, 0.3) is 0 Å². The minimum Gasteiger partial charge on any atom is -0.309 e. The third kappa shape index (κ3) is 5.08. The maximum Gasteiger partial charge on any atom is 0.237 e. The number of allylic oxidation sites excluding steroid dienone is 1. The van der Waals surface area contributed by atoms with Crippen molar-refractivity contribution in [1.82, 2.24) is 14.8 Å². The Bertz CT molecular complexity index is 970. The zero-order valence-electron chi connectivity index (χ0n) is 16.5. The van der Waals surface area contributed by atoms with Crippen molar-refractivity contribution >= 4 is 35.0 Å². The number of benzene rings is 2. The first kappa shape index (κ1) is 21.1. The van der Waals surface area contributed by atoms with E-state index in [0.29, 0.717) is 16.7 Å². The third-order valence-corrected chi connectivity index (χ3v) is 5.48. The van der Waals surface area contributed by atoms with Crippen LogP contribution in [-0.2, 0) is 11.3 Å². The first-order valence-corrected chi connectivity index (χ1v) is 10.7. The lowest BCUT2D eigenvalue weighted by Gasteiger charge is -2.26. The van der Waals surface area contributed by atoms with E-state index in [2.05, 4.69) is 16.8 Å². The first-order valence-electron chi connectivity index (χ1n) is 9.31. The predicted octanol–water partition coefficient (Wildman–Crippen LogP) is 5.32. The van der Waals surface area contributed by atoms with Crippen LogP contribution in [0.1, 0.15) is 13.8 Å². The van der Waals surface area contributed by atoms with Crippen molar-refractivity contribution in [2.24, 2.45) is 0 Å². The highest BCUT2D eigenvalue weighted by atomic mass is 35.5. The average Bonchev–Trinajstić information content (AvgIpc) is 3.10. The number of halogens is 1. The Hall–Kier alpha value is -2.57. The molecule has 1 aromatic heterocycles. The van der Waals surface area contributed by atoms with E-state index in [1.807, 2.05) is 73.0 Å². The van der Waals surface area contributed by atoms with Gasteiger partial charge in [0.2, 0.25) is 5.91 Å². The van der Waals surface area contributed by atoms with Crippen LogP contribution in [0.3, 0.4) is 0 Å². The molecule has 0 N–H and O–H groups in total. The summed E-state index contributed by atoms with van der Waals surface area (Å²) in [4.78, 5) is 14.8. The fraction of sp³-hybridized carbons (Fsp3) is 0.227. The molecule has 0 saturated heterocycles. The molecular formula is C22H23ClN4OS. The molecule has 0 aliphatic rings. The summed E-state index contributed by atoms with van der Waals surface area (Å²) in [5, 5.41) is 9.98. The molecule has 3 rings (SSSR count). The lowest BCUT2D eigenvalue weighted by Crippen LogP contribution is -2.38. The summed E-state index contributed by atoms with van der Waals surface area (Å²) in [6, 6.07) is 17.2. The molecule has 29 heavy (non-hydrogen) atoms. The Morgan fingerprint density at radius 1 is 1.17 bits per heavy atom. The smallest absolute Gasteiger partial charge is 0.237 e. The molecule has 5 nitrogen and oxygen atoms in total. The molecule has 0 radical (unpaired) electrons. The van der Waals surface area contributed by atoms with E-state index in [1.165, 1.54) is 11.8 Å². The Morgan fingerprint density at radius 2 is 1.86 bits per heavy atom. The van der Waals surface area contributed by atoms with Crippen molar-refractivity contribution in [2.45, 2.75) is 31.6 Å². The molecule has 7 heteroatoms. The highest BCUT2D eigenvalue weighted by Gasteiger charge is 2.21. The zero-order valence-corrected chi connectivity index (χ0v) is 18.0. The van der Waals surface area contributed by atoms with Gasteiger partial charge >= 0.3 is 0 Å². The second-order valence-electron chi connectivity index (χ2n) is 6.69. The lowest BCUT2D eigenvalue weighted by atomic mass is 10.2. The van der Waals surface area contributed by atoms with Crippen molar-refractivity contribution in [3.8, 4) is 11.4 Å². The number of hydrogen-bond acceptors (Lipinski definition) is 4. The van der Waals surface area contributed by atoms with E-state index in [1.54, 1.807) is 11.0 Å². The van der Waals surface area contributed by atoms with Gasteiger partial charge in [-0.15, -0.1) is 16.8 Å². The van der Waals surface area contributed by atoms with Crippen molar-refractivity contribution in [3.63, 3.8) is 0 Å².